The van der Waals surface area contributed by atoms with Gasteiger partial charge in [0.05, 0.1) is 18.4 Å². The summed E-state index contributed by atoms with van der Waals surface area (Å²) in [6.45, 7) is 3.53. The third-order valence-corrected chi connectivity index (χ3v) is 5.60. The molecule has 182 valence electrons. The predicted octanol–water partition coefficient (Wildman–Crippen LogP) is 2.73. The van der Waals surface area contributed by atoms with Gasteiger partial charge in [0.1, 0.15) is 47.3 Å². The number of hydrogen-bond acceptors (Lipinski definition) is 9. The quantitative estimate of drug-likeness (QED) is 0.352. The maximum Gasteiger partial charge on any atom is 0.251 e. The molecule has 0 atom stereocenters. The third-order valence-electron chi connectivity index (χ3n) is 5.60. The van der Waals surface area contributed by atoms with Crippen LogP contribution in [0.4, 0.5) is 15.9 Å². The average Bonchev–Trinajstić information content (AvgIpc) is 3.64. The summed E-state index contributed by atoms with van der Waals surface area (Å²) in [6.07, 6.45) is 5.63. The van der Waals surface area contributed by atoms with Gasteiger partial charge in [-0.2, -0.15) is 10.2 Å². The molecule has 0 fully saturated rings. The van der Waals surface area contributed by atoms with Gasteiger partial charge < -0.3 is 15.6 Å². The normalized spacial score (nSPS) is 11.5. The van der Waals surface area contributed by atoms with Crippen LogP contribution in [0.2, 0.25) is 0 Å². The van der Waals surface area contributed by atoms with Crippen molar-refractivity contribution in [3.63, 3.8) is 0 Å². The van der Waals surface area contributed by atoms with Crippen LogP contribution < -0.4 is 11.1 Å². The van der Waals surface area contributed by atoms with Gasteiger partial charge in [-0.3, -0.25) is 9.48 Å². The monoisotopic (exact) mass is 488 g/mol. The van der Waals surface area contributed by atoms with E-state index in [1.165, 1.54) is 35.9 Å². The molecule has 0 aliphatic rings. The summed E-state index contributed by atoms with van der Waals surface area (Å²) in [5, 5.41) is 15.3. The lowest BCUT2D eigenvalue weighted by atomic mass is 10.1. The number of nitrogens with two attached hydrogens (primary N) is 1. The summed E-state index contributed by atoms with van der Waals surface area (Å²) in [5.41, 5.74) is 7.27. The smallest absolute Gasteiger partial charge is 0.251 e. The molecule has 0 aliphatic heterocycles. The second kappa shape index (κ2) is 9.02. The summed E-state index contributed by atoms with van der Waals surface area (Å²) in [6, 6.07) is 9.81. The van der Waals surface area contributed by atoms with Gasteiger partial charge in [0, 0.05) is 11.6 Å². The van der Waals surface area contributed by atoms with E-state index in [0.717, 1.165) is 0 Å². The minimum Gasteiger partial charge on any atom is -0.382 e. The molecule has 4 heterocycles. The second-order valence-corrected chi connectivity index (χ2v) is 8.39. The molecular formula is C23H21FN10O2. The van der Waals surface area contributed by atoms with E-state index >= 15 is 0 Å². The number of nitrogens with one attached hydrogen (secondary N) is 1. The van der Waals surface area contributed by atoms with E-state index in [4.69, 9.17) is 10.3 Å². The molecule has 13 heteroatoms. The van der Waals surface area contributed by atoms with Crippen molar-refractivity contribution in [1.82, 2.24) is 39.7 Å². The Balaban J connectivity index is 1.44. The fourth-order valence-corrected chi connectivity index (χ4v) is 3.48. The van der Waals surface area contributed by atoms with Crippen LogP contribution in [0.5, 0.6) is 0 Å². The third kappa shape index (κ3) is 4.29. The van der Waals surface area contributed by atoms with Crippen molar-refractivity contribution >= 4 is 17.4 Å². The molecule has 12 nitrogen and oxygen atoms in total. The molecule has 0 unspecified atom stereocenters. The number of nitrogens with zero attached hydrogens (tertiary/aromatic N) is 8. The molecule has 1 amide bonds. The number of aromatic nitrogens is 8. The zero-order valence-corrected chi connectivity index (χ0v) is 19.3. The van der Waals surface area contributed by atoms with Crippen molar-refractivity contribution in [1.29, 1.82) is 0 Å². The van der Waals surface area contributed by atoms with Crippen molar-refractivity contribution in [2.75, 3.05) is 11.1 Å². The fourth-order valence-electron chi connectivity index (χ4n) is 3.48. The molecule has 3 N–H and O–H groups in total. The number of carbonyl (C=O) groups excluding carboxylic acids is 1. The first-order chi connectivity index (χ1) is 17.3. The topological polar surface area (TPSA) is 155 Å². The first-order valence-electron chi connectivity index (χ1n) is 10.8. The van der Waals surface area contributed by atoms with Gasteiger partial charge in [-0.05, 0) is 26.0 Å². The van der Waals surface area contributed by atoms with E-state index in [9.17, 15) is 9.18 Å². The Morgan fingerprint density at radius 2 is 2.06 bits per heavy atom. The van der Waals surface area contributed by atoms with Gasteiger partial charge in [0.25, 0.3) is 5.91 Å². The van der Waals surface area contributed by atoms with Crippen molar-refractivity contribution < 1.29 is 13.7 Å². The van der Waals surface area contributed by atoms with Gasteiger partial charge in [0.15, 0.2) is 11.6 Å². The van der Waals surface area contributed by atoms with Crippen molar-refractivity contribution in [2.24, 2.45) is 0 Å². The first-order valence-corrected chi connectivity index (χ1v) is 10.8. The van der Waals surface area contributed by atoms with E-state index in [0.29, 0.717) is 22.6 Å². The zero-order valence-electron chi connectivity index (χ0n) is 19.3. The Morgan fingerprint density at radius 1 is 1.22 bits per heavy atom. The average molecular weight is 488 g/mol. The molecule has 0 bridgehead atoms. The van der Waals surface area contributed by atoms with E-state index in [1.54, 1.807) is 48.9 Å². The van der Waals surface area contributed by atoms with E-state index in [2.05, 4.69) is 35.6 Å². The molecular weight excluding hydrogens is 467 g/mol. The van der Waals surface area contributed by atoms with Crippen LogP contribution in [0.25, 0.3) is 22.9 Å². The Morgan fingerprint density at radius 3 is 2.75 bits per heavy atom. The van der Waals surface area contributed by atoms with Crippen LogP contribution in [0.3, 0.4) is 0 Å². The van der Waals surface area contributed by atoms with E-state index in [1.807, 2.05) is 0 Å². The molecule has 1 aromatic carbocycles. The Kier molecular flexibility index (Phi) is 5.72. The minimum absolute atomic E-state index is 0.0504. The summed E-state index contributed by atoms with van der Waals surface area (Å²) in [4.78, 5) is 25.4. The van der Waals surface area contributed by atoms with Crippen LogP contribution in [0.1, 0.15) is 19.4 Å². The Hall–Kier alpha value is -4.94. The largest absolute Gasteiger partial charge is 0.382 e. The molecule has 5 rings (SSSR count). The summed E-state index contributed by atoms with van der Waals surface area (Å²) in [5.74, 6) is -0.457. The highest BCUT2D eigenvalue weighted by molar-refractivity contribution is 5.97. The highest BCUT2D eigenvalue weighted by atomic mass is 19.1. The molecule has 0 radical (unpaired) electrons. The molecule has 5 aromatic rings. The van der Waals surface area contributed by atoms with Crippen molar-refractivity contribution in [3.8, 4) is 22.9 Å². The van der Waals surface area contributed by atoms with Crippen molar-refractivity contribution in [2.45, 2.75) is 25.9 Å². The van der Waals surface area contributed by atoms with Gasteiger partial charge in [-0.1, -0.05) is 23.4 Å². The van der Waals surface area contributed by atoms with Crippen LogP contribution in [-0.2, 0) is 16.9 Å². The molecule has 0 aliphatic carbocycles. The summed E-state index contributed by atoms with van der Waals surface area (Å²) in [7, 11) is 0. The lowest BCUT2D eigenvalue weighted by Crippen LogP contribution is -2.40. The number of rotatable bonds is 7. The predicted molar refractivity (Wildman–Crippen MR) is 127 cm³/mol. The molecule has 36 heavy (non-hydrogen) atoms. The van der Waals surface area contributed by atoms with Crippen LogP contribution in [0, 0.1) is 5.82 Å². The molecule has 0 saturated carbocycles. The Labute approximate surface area is 204 Å². The second-order valence-electron chi connectivity index (χ2n) is 8.39. The standard InChI is InChI=1S/C23H21FN10O2/c1-23(2,34-13-26-12-28-34)22(35)29-18-10-27-21(30-20(18)25)17-9-19(16-7-8-36-32-16)33(31-17)11-14-5-3-4-6-15(14)24/h3-10,12-13H,11H2,1-2H3,(H,29,35)(H2,25,27,30). The lowest BCUT2D eigenvalue weighted by molar-refractivity contribution is -0.123. The molecule has 4 aromatic heterocycles. The number of nitrogen functional groups attached to an aromatic ring is 1. The van der Waals surface area contributed by atoms with Crippen LogP contribution in [-0.4, -0.2) is 45.6 Å². The number of carbonyl (C=O) groups is 1. The summed E-state index contributed by atoms with van der Waals surface area (Å²) >= 11 is 0. The number of benzene rings is 1. The van der Waals surface area contributed by atoms with Gasteiger partial charge in [-0.15, -0.1) is 0 Å². The van der Waals surface area contributed by atoms with Gasteiger partial charge in [-0.25, -0.2) is 24.0 Å². The maximum atomic E-state index is 14.3. The number of hydrogen-bond donors (Lipinski definition) is 2. The number of amides is 1. The molecule has 0 spiro atoms. The maximum absolute atomic E-state index is 14.3. The molecule has 0 saturated heterocycles. The number of anilines is 2. The number of halogens is 1. The SMILES string of the molecule is CC(C)(C(=O)Nc1cnc(-c2cc(-c3ccon3)n(Cc3ccccc3F)n2)nc1N)n1cncn1. The zero-order chi connectivity index (χ0) is 25.3. The van der Waals surface area contributed by atoms with Gasteiger partial charge >= 0.3 is 0 Å². The Bertz CT molecular complexity index is 1510. The van der Waals surface area contributed by atoms with E-state index in [-0.39, 0.29) is 35.6 Å². The van der Waals surface area contributed by atoms with Crippen molar-refractivity contribution in [3.05, 3.63) is 72.9 Å². The van der Waals surface area contributed by atoms with Crippen LogP contribution in [0.15, 0.2) is 66.0 Å². The summed E-state index contributed by atoms with van der Waals surface area (Å²) < 4.78 is 22.3. The fraction of sp³-hybridized carbons (Fsp3) is 0.174. The van der Waals surface area contributed by atoms with Gasteiger partial charge in [0.2, 0.25) is 0 Å². The van der Waals surface area contributed by atoms with E-state index < -0.39 is 5.54 Å². The highest BCUT2D eigenvalue weighted by Crippen LogP contribution is 2.27. The minimum atomic E-state index is -1.03. The first kappa shape index (κ1) is 22.8. The van der Waals surface area contributed by atoms with Crippen LogP contribution >= 0.6 is 0 Å². The lowest BCUT2D eigenvalue weighted by Gasteiger charge is -2.23. The highest BCUT2D eigenvalue weighted by Gasteiger charge is 2.31.